The van der Waals surface area contributed by atoms with Crippen LogP contribution in [0.15, 0.2) is 0 Å². The van der Waals surface area contributed by atoms with E-state index in [0.717, 1.165) is 12.5 Å². The second-order valence-electron chi connectivity index (χ2n) is 4.43. The van der Waals surface area contributed by atoms with Crippen LogP contribution >= 0.6 is 0 Å². The smallest absolute Gasteiger partial charge is 0.0365 e. The SMILES string of the molecule is CN(C)CC(NN)C1CCCCC1. The summed E-state index contributed by atoms with van der Waals surface area (Å²) < 4.78 is 0. The number of hydrazine groups is 1. The van der Waals surface area contributed by atoms with Crippen LogP contribution in [0.25, 0.3) is 0 Å². The summed E-state index contributed by atoms with van der Waals surface area (Å²) in [6, 6.07) is 0.482. The molecule has 1 unspecified atom stereocenters. The maximum Gasteiger partial charge on any atom is 0.0365 e. The van der Waals surface area contributed by atoms with Gasteiger partial charge in [0.25, 0.3) is 0 Å². The van der Waals surface area contributed by atoms with E-state index in [2.05, 4.69) is 24.4 Å². The summed E-state index contributed by atoms with van der Waals surface area (Å²) in [6.45, 7) is 1.06. The van der Waals surface area contributed by atoms with E-state index in [1.807, 2.05) is 0 Å². The maximum absolute atomic E-state index is 5.58. The molecular formula is C10H23N3. The van der Waals surface area contributed by atoms with E-state index in [4.69, 9.17) is 5.84 Å². The minimum atomic E-state index is 0.482. The fourth-order valence-electron chi connectivity index (χ4n) is 2.27. The summed E-state index contributed by atoms with van der Waals surface area (Å²) in [5, 5.41) is 0. The minimum absolute atomic E-state index is 0.482. The molecule has 1 aliphatic carbocycles. The molecule has 0 saturated heterocycles. The predicted molar refractivity (Wildman–Crippen MR) is 56.2 cm³/mol. The molecule has 1 saturated carbocycles. The van der Waals surface area contributed by atoms with Crippen LogP contribution in [0.4, 0.5) is 0 Å². The number of nitrogens with two attached hydrogens (primary N) is 1. The average Bonchev–Trinajstić information content (AvgIpc) is 2.15. The van der Waals surface area contributed by atoms with Gasteiger partial charge in [-0.1, -0.05) is 19.3 Å². The molecule has 3 nitrogen and oxygen atoms in total. The van der Waals surface area contributed by atoms with Crippen LogP contribution in [-0.4, -0.2) is 31.6 Å². The number of nitrogens with zero attached hydrogens (tertiary/aromatic N) is 1. The monoisotopic (exact) mass is 185 g/mol. The molecule has 0 spiro atoms. The Morgan fingerprint density at radius 3 is 2.38 bits per heavy atom. The fourth-order valence-corrected chi connectivity index (χ4v) is 2.27. The number of likely N-dealkylation sites (N-methyl/N-ethyl adjacent to an activating group) is 1. The quantitative estimate of drug-likeness (QED) is 0.506. The van der Waals surface area contributed by atoms with Crippen LogP contribution in [0, 0.1) is 5.92 Å². The van der Waals surface area contributed by atoms with Gasteiger partial charge in [-0.15, -0.1) is 0 Å². The van der Waals surface area contributed by atoms with Gasteiger partial charge in [-0.2, -0.15) is 0 Å². The van der Waals surface area contributed by atoms with Crippen molar-refractivity contribution in [3.63, 3.8) is 0 Å². The molecule has 0 bridgehead atoms. The van der Waals surface area contributed by atoms with Crippen molar-refractivity contribution >= 4 is 0 Å². The van der Waals surface area contributed by atoms with E-state index < -0.39 is 0 Å². The lowest BCUT2D eigenvalue weighted by Crippen LogP contribution is -2.47. The van der Waals surface area contributed by atoms with E-state index in [-0.39, 0.29) is 0 Å². The van der Waals surface area contributed by atoms with Crippen molar-refractivity contribution in [2.24, 2.45) is 11.8 Å². The number of rotatable bonds is 4. The zero-order valence-electron chi connectivity index (χ0n) is 8.92. The Balaban J connectivity index is 2.34. The van der Waals surface area contributed by atoms with Crippen LogP contribution < -0.4 is 11.3 Å². The maximum atomic E-state index is 5.58. The lowest BCUT2D eigenvalue weighted by molar-refractivity contribution is 0.223. The van der Waals surface area contributed by atoms with Gasteiger partial charge >= 0.3 is 0 Å². The van der Waals surface area contributed by atoms with Crippen molar-refractivity contribution in [3.8, 4) is 0 Å². The van der Waals surface area contributed by atoms with Crippen molar-refractivity contribution in [1.29, 1.82) is 0 Å². The highest BCUT2D eigenvalue weighted by Crippen LogP contribution is 2.26. The molecule has 1 rings (SSSR count). The van der Waals surface area contributed by atoms with E-state index in [9.17, 15) is 0 Å². The third kappa shape index (κ3) is 3.63. The molecule has 0 aromatic rings. The Kier molecular flexibility index (Phi) is 4.70. The molecule has 0 aliphatic heterocycles. The molecule has 1 atom stereocenters. The van der Waals surface area contributed by atoms with Crippen molar-refractivity contribution in [3.05, 3.63) is 0 Å². The van der Waals surface area contributed by atoms with Crippen molar-refractivity contribution < 1.29 is 0 Å². The first-order chi connectivity index (χ1) is 6.24. The molecule has 78 valence electrons. The summed E-state index contributed by atoms with van der Waals surface area (Å²) in [6.07, 6.45) is 6.88. The van der Waals surface area contributed by atoms with Gasteiger partial charge in [-0.3, -0.25) is 11.3 Å². The summed E-state index contributed by atoms with van der Waals surface area (Å²) in [4.78, 5) is 2.21. The van der Waals surface area contributed by atoms with Gasteiger partial charge in [0, 0.05) is 12.6 Å². The third-order valence-electron chi connectivity index (χ3n) is 2.99. The summed E-state index contributed by atoms with van der Waals surface area (Å²) in [5.74, 6) is 6.37. The van der Waals surface area contributed by atoms with Gasteiger partial charge < -0.3 is 4.90 Å². The van der Waals surface area contributed by atoms with Crippen LogP contribution in [0.1, 0.15) is 32.1 Å². The molecule has 0 radical (unpaired) electrons. The second-order valence-corrected chi connectivity index (χ2v) is 4.43. The summed E-state index contributed by atoms with van der Waals surface area (Å²) >= 11 is 0. The molecule has 3 heteroatoms. The predicted octanol–water partition coefficient (Wildman–Crippen LogP) is 0.960. The Bertz CT molecular complexity index is 130. The Hall–Kier alpha value is -0.120. The molecule has 3 N–H and O–H groups in total. The highest BCUT2D eigenvalue weighted by molar-refractivity contribution is 4.79. The lowest BCUT2D eigenvalue weighted by Gasteiger charge is -2.31. The van der Waals surface area contributed by atoms with E-state index in [1.54, 1.807) is 0 Å². The van der Waals surface area contributed by atoms with E-state index in [0.29, 0.717) is 6.04 Å². The van der Waals surface area contributed by atoms with Gasteiger partial charge in [-0.05, 0) is 32.9 Å². The Morgan fingerprint density at radius 2 is 1.92 bits per heavy atom. The van der Waals surface area contributed by atoms with Gasteiger partial charge in [0.15, 0.2) is 0 Å². The lowest BCUT2D eigenvalue weighted by atomic mass is 9.84. The van der Waals surface area contributed by atoms with Gasteiger partial charge in [0.05, 0.1) is 0 Å². The number of nitrogens with one attached hydrogen (secondary N) is 1. The van der Waals surface area contributed by atoms with Crippen molar-refractivity contribution in [2.45, 2.75) is 38.1 Å². The van der Waals surface area contributed by atoms with Crippen LogP contribution in [-0.2, 0) is 0 Å². The molecular weight excluding hydrogens is 162 g/mol. The molecule has 0 aromatic carbocycles. The topological polar surface area (TPSA) is 41.3 Å². The first-order valence-corrected chi connectivity index (χ1v) is 5.35. The summed E-state index contributed by atoms with van der Waals surface area (Å²) in [5.41, 5.74) is 2.96. The highest BCUT2D eigenvalue weighted by Gasteiger charge is 2.22. The highest BCUT2D eigenvalue weighted by atomic mass is 15.3. The van der Waals surface area contributed by atoms with Crippen LogP contribution in [0.5, 0.6) is 0 Å². The minimum Gasteiger partial charge on any atom is -0.308 e. The Labute approximate surface area is 81.6 Å². The number of hydrogen-bond acceptors (Lipinski definition) is 3. The first-order valence-electron chi connectivity index (χ1n) is 5.35. The van der Waals surface area contributed by atoms with Crippen molar-refractivity contribution in [1.82, 2.24) is 10.3 Å². The second kappa shape index (κ2) is 5.58. The normalized spacial score (nSPS) is 22.2. The van der Waals surface area contributed by atoms with Crippen LogP contribution in [0.3, 0.4) is 0 Å². The van der Waals surface area contributed by atoms with Gasteiger partial charge in [-0.25, -0.2) is 0 Å². The molecule has 0 heterocycles. The van der Waals surface area contributed by atoms with Gasteiger partial charge in [0.2, 0.25) is 0 Å². The zero-order chi connectivity index (χ0) is 9.68. The molecule has 0 amide bonds. The van der Waals surface area contributed by atoms with Crippen molar-refractivity contribution in [2.75, 3.05) is 20.6 Å². The fraction of sp³-hybridized carbons (Fsp3) is 1.00. The first kappa shape index (κ1) is 11.0. The molecule has 1 fully saturated rings. The molecule has 13 heavy (non-hydrogen) atoms. The number of hydrogen-bond donors (Lipinski definition) is 2. The third-order valence-corrected chi connectivity index (χ3v) is 2.99. The van der Waals surface area contributed by atoms with Gasteiger partial charge in [0.1, 0.15) is 0 Å². The summed E-state index contributed by atoms with van der Waals surface area (Å²) in [7, 11) is 4.21. The standard InChI is InChI=1S/C10H23N3/c1-13(2)8-10(12-11)9-6-4-3-5-7-9/h9-10,12H,3-8,11H2,1-2H3. The average molecular weight is 185 g/mol. The largest absolute Gasteiger partial charge is 0.308 e. The zero-order valence-corrected chi connectivity index (χ0v) is 8.92. The van der Waals surface area contributed by atoms with E-state index >= 15 is 0 Å². The van der Waals surface area contributed by atoms with E-state index in [1.165, 1.54) is 32.1 Å². The molecule has 0 aromatic heterocycles. The van der Waals surface area contributed by atoms with Crippen LogP contribution in [0.2, 0.25) is 0 Å². The molecule has 1 aliphatic rings. The Morgan fingerprint density at radius 1 is 1.31 bits per heavy atom.